The van der Waals surface area contributed by atoms with Crippen LogP contribution in [0.15, 0.2) is 12.1 Å². The van der Waals surface area contributed by atoms with Crippen LogP contribution in [0.3, 0.4) is 0 Å². The Balaban J connectivity index is 3.29. The molecule has 0 unspecified atom stereocenters. The molecule has 3 N–H and O–H groups in total. The maximum atomic E-state index is 11.3. The molecule has 5 nitrogen and oxygen atoms in total. The van der Waals surface area contributed by atoms with Crippen LogP contribution in [0.25, 0.3) is 0 Å². The first-order chi connectivity index (χ1) is 7.52. The number of esters is 1. The third kappa shape index (κ3) is 2.20. The second kappa shape index (κ2) is 5.05. The molecule has 0 bridgehead atoms. The second-order valence-corrected chi connectivity index (χ2v) is 3.42. The quantitative estimate of drug-likeness (QED) is 0.783. The van der Waals surface area contributed by atoms with E-state index in [2.05, 4.69) is 4.74 Å². The Labute approximate surface area is 97.7 Å². The Hall–Kier alpha value is -1.46. The van der Waals surface area contributed by atoms with Gasteiger partial charge in [-0.25, -0.2) is 4.79 Å². The molecule has 0 saturated carbocycles. The van der Waals surface area contributed by atoms with Gasteiger partial charge in [-0.2, -0.15) is 0 Å². The number of methoxy groups -OCH3 is 2. The van der Waals surface area contributed by atoms with Crippen LogP contribution in [0.5, 0.6) is 11.5 Å². The number of aromatic hydroxyl groups is 1. The molecule has 1 aromatic carbocycles. The standard InChI is InChI=1S/C10H12ClNO4/c1-15-6-4-3-5(11)9(13)7(6)8(12)10(14)16-2/h3-4,8,13H,12H2,1-2H3/t8-/m1/s1. The Kier molecular flexibility index (Phi) is 3.98. The minimum absolute atomic E-state index is 0.0927. The van der Waals surface area contributed by atoms with Crippen LogP contribution in [0, 0.1) is 0 Å². The van der Waals surface area contributed by atoms with Crippen molar-refractivity contribution >= 4 is 17.6 Å². The summed E-state index contributed by atoms with van der Waals surface area (Å²) in [4.78, 5) is 11.3. The predicted octanol–water partition coefficient (Wildman–Crippen LogP) is 1.23. The van der Waals surface area contributed by atoms with E-state index in [1.54, 1.807) is 0 Å². The molecular formula is C10H12ClNO4. The zero-order valence-corrected chi connectivity index (χ0v) is 9.62. The number of phenolic OH excluding ortho intramolecular Hbond substituents is 1. The molecule has 0 aliphatic heterocycles. The highest BCUT2D eigenvalue weighted by Crippen LogP contribution is 2.38. The highest BCUT2D eigenvalue weighted by atomic mass is 35.5. The van der Waals surface area contributed by atoms with Crippen LogP contribution >= 0.6 is 11.6 Å². The molecule has 0 heterocycles. The molecule has 1 atom stereocenters. The van der Waals surface area contributed by atoms with Gasteiger partial charge in [0.05, 0.1) is 24.8 Å². The van der Waals surface area contributed by atoms with E-state index in [0.29, 0.717) is 0 Å². The predicted molar refractivity (Wildman–Crippen MR) is 58.6 cm³/mol. The van der Waals surface area contributed by atoms with Crippen LogP contribution < -0.4 is 10.5 Å². The molecule has 1 rings (SSSR count). The van der Waals surface area contributed by atoms with Crippen LogP contribution in [0.1, 0.15) is 11.6 Å². The van der Waals surface area contributed by atoms with Gasteiger partial charge in [-0.1, -0.05) is 11.6 Å². The van der Waals surface area contributed by atoms with Gasteiger partial charge in [0.25, 0.3) is 0 Å². The summed E-state index contributed by atoms with van der Waals surface area (Å²) in [6, 6.07) is 1.82. The molecule has 6 heteroatoms. The fourth-order valence-corrected chi connectivity index (χ4v) is 1.45. The molecule has 0 amide bonds. The van der Waals surface area contributed by atoms with Crippen molar-refractivity contribution in [3.63, 3.8) is 0 Å². The van der Waals surface area contributed by atoms with E-state index in [0.717, 1.165) is 0 Å². The molecular weight excluding hydrogens is 234 g/mol. The number of nitrogens with two attached hydrogens (primary N) is 1. The van der Waals surface area contributed by atoms with Crippen LogP contribution in [-0.2, 0) is 9.53 Å². The lowest BCUT2D eigenvalue weighted by Crippen LogP contribution is -2.23. The first-order valence-corrected chi connectivity index (χ1v) is 4.79. The summed E-state index contributed by atoms with van der Waals surface area (Å²) in [5.41, 5.74) is 5.73. The Morgan fingerprint density at radius 1 is 1.50 bits per heavy atom. The first-order valence-electron chi connectivity index (χ1n) is 4.41. The maximum Gasteiger partial charge on any atom is 0.327 e. The number of carbonyl (C=O) groups excluding carboxylic acids is 1. The van der Waals surface area contributed by atoms with Crippen molar-refractivity contribution in [3.05, 3.63) is 22.7 Å². The van der Waals surface area contributed by atoms with E-state index in [-0.39, 0.29) is 22.1 Å². The van der Waals surface area contributed by atoms with Gasteiger partial charge in [0.1, 0.15) is 17.5 Å². The number of ether oxygens (including phenoxy) is 2. The van der Waals surface area contributed by atoms with Crippen LogP contribution in [-0.4, -0.2) is 25.3 Å². The Morgan fingerprint density at radius 3 is 2.62 bits per heavy atom. The third-order valence-corrected chi connectivity index (χ3v) is 2.42. The van der Waals surface area contributed by atoms with Gasteiger partial charge in [0.2, 0.25) is 0 Å². The van der Waals surface area contributed by atoms with Crippen molar-refractivity contribution in [1.29, 1.82) is 0 Å². The minimum Gasteiger partial charge on any atom is -0.506 e. The lowest BCUT2D eigenvalue weighted by molar-refractivity contribution is -0.142. The van der Waals surface area contributed by atoms with Gasteiger partial charge in [-0.3, -0.25) is 0 Å². The lowest BCUT2D eigenvalue weighted by Gasteiger charge is -2.15. The zero-order chi connectivity index (χ0) is 12.3. The van der Waals surface area contributed by atoms with Gasteiger partial charge < -0.3 is 20.3 Å². The average molecular weight is 246 g/mol. The van der Waals surface area contributed by atoms with Gasteiger partial charge >= 0.3 is 5.97 Å². The SMILES string of the molecule is COC(=O)[C@H](N)c1c(OC)ccc(Cl)c1O. The molecule has 0 aliphatic carbocycles. The summed E-state index contributed by atoms with van der Waals surface area (Å²) in [5.74, 6) is -0.686. The highest BCUT2D eigenvalue weighted by molar-refractivity contribution is 6.32. The number of halogens is 1. The number of hydrogen-bond acceptors (Lipinski definition) is 5. The monoisotopic (exact) mass is 245 g/mol. The summed E-state index contributed by atoms with van der Waals surface area (Å²) in [7, 11) is 2.60. The van der Waals surface area contributed by atoms with Gasteiger partial charge in [0.15, 0.2) is 0 Å². The largest absolute Gasteiger partial charge is 0.506 e. The summed E-state index contributed by atoms with van der Waals surface area (Å²) in [5, 5.41) is 9.82. The van der Waals surface area contributed by atoms with Crippen molar-refractivity contribution in [1.82, 2.24) is 0 Å². The van der Waals surface area contributed by atoms with Crippen molar-refractivity contribution < 1.29 is 19.4 Å². The molecule has 0 aromatic heterocycles. The number of rotatable bonds is 3. The summed E-state index contributed by atoms with van der Waals surface area (Å²) in [6.07, 6.45) is 0. The topological polar surface area (TPSA) is 81.8 Å². The smallest absolute Gasteiger partial charge is 0.327 e. The van der Waals surface area contributed by atoms with Crippen molar-refractivity contribution in [2.24, 2.45) is 5.73 Å². The van der Waals surface area contributed by atoms with Crippen molar-refractivity contribution in [2.45, 2.75) is 6.04 Å². The second-order valence-electron chi connectivity index (χ2n) is 3.01. The number of phenols is 1. The maximum absolute atomic E-state index is 11.3. The molecule has 0 saturated heterocycles. The van der Waals surface area contributed by atoms with E-state index >= 15 is 0 Å². The number of carbonyl (C=O) groups is 1. The number of benzene rings is 1. The average Bonchev–Trinajstić information content (AvgIpc) is 2.30. The molecule has 0 radical (unpaired) electrons. The summed E-state index contributed by atoms with van der Waals surface area (Å²) in [6.45, 7) is 0. The van der Waals surface area contributed by atoms with E-state index < -0.39 is 12.0 Å². The third-order valence-electron chi connectivity index (χ3n) is 2.11. The van der Waals surface area contributed by atoms with Crippen LogP contribution in [0.2, 0.25) is 5.02 Å². The fourth-order valence-electron chi connectivity index (χ4n) is 1.29. The van der Waals surface area contributed by atoms with E-state index in [9.17, 15) is 9.90 Å². The number of hydrogen-bond donors (Lipinski definition) is 2. The normalized spacial score (nSPS) is 12.0. The van der Waals surface area contributed by atoms with Crippen molar-refractivity contribution in [2.75, 3.05) is 14.2 Å². The van der Waals surface area contributed by atoms with Crippen LogP contribution in [0.4, 0.5) is 0 Å². The summed E-state index contributed by atoms with van der Waals surface area (Å²) >= 11 is 5.72. The Bertz CT molecular complexity index is 408. The van der Waals surface area contributed by atoms with E-state index in [1.165, 1.54) is 26.4 Å². The molecule has 1 aromatic rings. The summed E-state index contributed by atoms with van der Waals surface area (Å²) < 4.78 is 9.48. The zero-order valence-electron chi connectivity index (χ0n) is 8.86. The molecule has 0 fully saturated rings. The van der Waals surface area contributed by atoms with E-state index in [1.807, 2.05) is 0 Å². The molecule has 16 heavy (non-hydrogen) atoms. The highest BCUT2D eigenvalue weighted by Gasteiger charge is 2.25. The molecule has 0 spiro atoms. The minimum atomic E-state index is -1.14. The fraction of sp³-hybridized carbons (Fsp3) is 0.300. The molecule has 0 aliphatic rings. The van der Waals surface area contributed by atoms with E-state index in [4.69, 9.17) is 22.1 Å². The first kappa shape index (κ1) is 12.6. The Morgan fingerprint density at radius 2 is 2.12 bits per heavy atom. The van der Waals surface area contributed by atoms with Crippen molar-refractivity contribution in [3.8, 4) is 11.5 Å². The lowest BCUT2D eigenvalue weighted by atomic mass is 10.1. The van der Waals surface area contributed by atoms with Gasteiger partial charge in [-0.05, 0) is 12.1 Å². The molecule has 88 valence electrons. The van der Waals surface area contributed by atoms with Gasteiger partial charge in [0, 0.05) is 0 Å². The van der Waals surface area contributed by atoms with Gasteiger partial charge in [-0.15, -0.1) is 0 Å².